The first kappa shape index (κ1) is 15.8. The molecular formula is C14H15F3N2OS. The summed E-state index contributed by atoms with van der Waals surface area (Å²) in [7, 11) is 0. The minimum Gasteiger partial charge on any atom is -0.314 e. The third-order valence-corrected chi connectivity index (χ3v) is 3.94. The van der Waals surface area contributed by atoms with Crippen molar-refractivity contribution in [3.63, 3.8) is 0 Å². The molecule has 0 unspecified atom stereocenters. The van der Waals surface area contributed by atoms with Gasteiger partial charge in [-0.25, -0.2) is 0 Å². The van der Waals surface area contributed by atoms with E-state index in [0.29, 0.717) is 13.1 Å². The molecule has 1 N–H and O–H groups in total. The van der Waals surface area contributed by atoms with Gasteiger partial charge in [-0.2, -0.15) is 13.2 Å². The van der Waals surface area contributed by atoms with E-state index in [2.05, 4.69) is 5.32 Å². The van der Waals surface area contributed by atoms with Crippen molar-refractivity contribution >= 4 is 11.3 Å². The lowest BCUT2D eigenvalue weighted by atomic mass is 10.3. The molecule has 0 aromatic carbocycles. The van der Waals surface area contributed by atoms with Crippen molar-refractivity contribution in [2.75, 3.05) is 6.54 Å². The fourth-order valence-corrected chi connectivity index (χ4v) is 2.72. The maximum Gasteiger partial charge on any atom is 0.417 e. The van der Waals surface area contributed by atoms with Gasteiger partial charge in [0.15, 0.2) is 0 Å². The highest BCUT2D eigenvalue weighted by molar-refractivity contribution is 7.11. The van der Waals surface area contributed by atoms with Gasteiger partial charge in [0.1, 0.15) is 0 Å². The zero-order valence-corrected chi connectivity index (χ0v) is 12.2. The van der Waals surface area contributed by atoms with E-state index in [-0.39, 0.29) is 6.54 Å². The molecule has 0 aliphatic carbocycles. The molecule has 21 heavy (non-hydrogen) atoms. The molecule has 0 saturated heterocycles. The maximum absolute atomic E-state index is 12.6. The van der Waals surface area contributed by atoms with Crippen LogP contribution in [-0.2, 0) is 19.3 Å². The van der Waals surface area contributed by atoms with Crippen molar-refractivity contribution in [3.8, 4) is 0 Å². The number of hydrogen-bond donors (Lipinski definition) is 1. The second kappa shape index (κ2) is 6.44. The molecule has 2 heterocycles. The molecule has 0 atom stereocenters. The molecule has 0 saturated carbocycles. The molecule has 3 nitrogen and oxygen atoms in total. The Balaban J connectivity index is 1.92. The van der Waals surface area contributed by atoms with Crippen LogP contribution < -0.4 is 10.9 Å². The summed E-state index contributed by atoms with van der Waals surface area (Å²) >= 11 is 1.66. The summed E-state index contributed by atoms with van der Waals surface area (Å²) in [5, 5.41) is 3.12. The highest BCUT2D eigenvalue weighted by Gasteiger charge is 2.30. The van der Waals surface area contributed by atoms with E-state index in [0.717, 1.165) is 27.8 Å². The zero-order chi connectivity index (χ0) is 15.5. The number of hydrogen-bond acceptors (Lipinski definition) is 3. The van der Waals surface area contributed by atoms with E-state index < -0.39 is 17.3 Å². The van der Waals surface area contributed by atoms with Gasteiger partial charge in [-0.1, -0.05) is 0 Å². The van der Waals surface area contributed by atoms with Crippen molar-refractivity contribution in [2.24, 2.45) is 0 Å². The van der Waals surface area contributed by atoms with Crippen LogP contribution >= 0.6 is 11.3 Å². The van der Waals surface area contributed by atoms with E-state index in [4.69, 9.17) is 0 Å². The lowest BCUT2D eigenvalue weighted by Gasteiger charge is -2.11. The Morgan fingerprint density at radius 1 is 1.24 bits per heavy atom. The lowest BCUT2D eigenvalue weighted by Crippen LogP contribution is -2.27. The van der Waals surface area contributed by atoms with Crippen molar-refractivity contribution < 1.29 is 13.2 Å². The second-order valence-corrected chi connectivity index (χ2v) is 6.01. The van der Waals surface area contributed by atoms with Crippen molar-refractivity contribution in [1.82, 2.24) is 9.88 Å². The first-order chi connectivity index (χ1) is 9.86. The van der Waals surface area contributed by atoms with Gasteiger partial charge in [0, 0.05) is 41.7 Å². The summed E-state index contributed by atoms with van der Waals surface area (Å²) < 4.78 is 38.8. The predicted molar refractivity (Wildman–Crippen MR) is 76.5 cm³/mol. The summed E-state index contributed by atoms with van der Waals surface area (Å²) in [5.74, 6) is 0. The average Bonchev–Trinajstić information content (AvgIpc) is 2.81. The first-order valence-electron chi connectivity index (χ1n) is 6.40. The largest absolute Gasteiger partial charge is 0.417 e. The maximum atomic E-state index is 12.6. The molecule has 2 aromatic rings. The Morgan fingerprint density at radius 2 is 2.00 bits per heavy atom. The van der Waals surface area contributed by atoms with Gasteiger partial charge >= 0.3 is 6.18 Å². The van der Waals surface area contributed by atoms with Crippen LogP contribution in [0.3, 0.4) is 0 Å². The normalized spacial score (nSPS) is 11.8. The molecule has 0 bridgehead atoms. The SMILES string of the molecule is Cc1ccc(CNCCn2cc(C(F)(F)F)ccc2=O)s1. The molecule has 0 fully saturated rings. The summed E-state index contributed by atoms with van der Waals surface area (Å²) in [6.45, 7) is 3.29. The lowest BCUT2D eigenvalue weighted by molar-refractivity contribution is -0.138. The van der Waals surface area contributed by atoms with Gasteiger partial charge in [0.2, 0.25) is 0 Å². The van der Waals surface area contributed by atoms with Crippen LogP contribution in [0, 0.1) is 6.92 Å². The van der Waals surface area contributed by atoms with E-state index in [1.165, 1.54) is 4.88 Å². The number of halogens is 3. The number of nitrogens with zero attached hydrogens (tertiary/aromatic N) is 1. The minimum atomic E-state index is -4.43. The fourth-order valence-electron chi connectivity index (χ4n) is 1.87. The standard InChI is InChI=1S/C14H15F3N2OS/c1-10-2-4-12(21-10)8-18-6-7-19-9-11(14(15,16)17)3-5-13(19)20/h2-5,9,18H,6-8H2,1H3. The Labute approximate surface area is 124 Å². The van der Waals surface area contributed by atoms with Gasteiger partial charge in [-0.3, -0.25) is 4.79 Å². The molecule has 0 amide bonds. The average molecular weight is 316 g/mol. The van der Waals surface area contributed by atoms with Crippen LogP contribution in [0.5, 0.6) is 0 Å². The van der Waals surface area contributed by atoms with Crippen LogP contribution in [0.25, 0.3) is 0 Å². The molecule has 2 rings (SSSR count). The molecule has 0 aliphatic rings. The van der Waals surface area contributed by atoms with Crippen LogP contribution in [-0.4, -0.2) is 11.1 Å². The van der Waals surface area contributed by atoms with E-state index >= 15 is 0 Å². The van der Waals surface area contributed by atoms with Gasteiger partial charge in [0.05, 0.1) is 5.56 Å². The molecular weight excluding hydrogens is 301 g/mol. The number of aromatic nitrogens is 1. The van der Waals surface area contributed by atoms with Crippen LogP contribution in [0.2, 0.25) is 0 Å². The predicted octanol–water partition coefficient (Wildman–Crippen LogP) is 3.03. The first-order valence-corrected chi connectivity index (χ1v) is 7.21. The molecule has 0 radical (unpaired) electrons. The Bertz CT molecular complexity index is 661. The summed E-state index contributed by atoms with van der Waals surface area (Å²) in [6, 6.07) is 5.77. The fraction of sp³-hybridized carbons (Fsp3) is 0.357. The minimum absolute atomic E-state index is 0.201. The van der Waals surface area contributed by atoms with Gasteiger partial charge in [-0.05, 0) is 25.1 Å². The number of rotatable bonds is 5. The molecule has 2 aromatic heterocycles. The van der Waals surface area contributed by atoms with Gasteiger partial charge < -0.3 is 9.88 Å². The Hall–Kier alpha value is -1.60. The number of aryl methyl sites for hydroxylation is 1. The number of nitrogens with one attached hydrogen (secondary N) is 1. The summed E-state index contributed by atoms with van der Waals surface area (Å²) in [6.07, 6.45) is -3.57. The topological polar surface area (TPSA) is 34.0 Å². The van der Waals surface area contributed by atoms with Crippen LogP contribution in [0.4, 0.5) is 13.2 Å². The van der Waals surface area contributed by atoms with E-state index in [9.17, 15) is 18.0 Å². The third kappa shape index (κ3) is 4.44. The van der Waals surface area contributed by atoms with E-state index in [1.54, 1.807) is 11.3 Å². The molecule has 7 heteroatoms. The van der Waals surface area contributed by atoms with Gasteiger partial charge in [-0.15, -0.1) is 11.3 Å². The molecule has 0 aliphatic heterocycles. The highest BCUT2D eigenvalue weighted by Crippen LogP contribution is 2.27. The monoisotopic (exact) mass is 316 g/mol. The van der Waals surface area contributed by atoms with Crippen LogP contribution in [0.15, 0.2) is 35.3 Å². The zero-order valence-electron chi connectivity index (χ0n) is 11.4. The van der Waals surface area contributed by atoms with Crippen LogP contribution in [0.1, 0.15) is 15.3 Å². The van der Waals surface area contributed by atoms with Crippen molar-refractivity contribution in [3.05, 3.63) is 56.1 Å². The van der Waals surface area contributed by atoms with Gasteiger partial charge in [0.25, 0.3) is 5.56 Å². The molecule has 114 valence electrons. The number of pyridine rings is 1. The molecule has 0 spiro atoms. The summed E-state index contributed by atoms with van der Waals surface area (Å²) in [4.78, 5) is 13.9. The quantitative estimate of drug-likeness (QED) is 0.860. The highest BCUT2D eigenvalue weighted by atomic mass is 32.1. The second-order valence-electron chi connectivity index (χ2n) is 4.64. The Morgan fingerprint density at radius 3 is 2.62 bits per heavy atom. The third-order valence-electron chi connectivity index (χ3n) is 2.94. The number of thiophene rings is 1. The Kier molecular flexibility index (Phi) is 4.84. The van der Waals surface area contributed by atoms with Crippen molar-refractivity contribution in [1.29, 1.82) is 0 Å². The van der Waals surface area contributed by atoms with E-state index in [1.807, 2.05) is 19.1 Å². The number of alkyl halides is 3. The summed E-state index contributed by atoms with van der Waals surface area (Å²) in [5.41, 5.74) is -1.24. The van der Waals surface area contributed by atoms with Crippen molar-refractivity contribution in [2.45, 2.75) is 26.2 Å². The smallest absolute Gasteiger partial charge is 0.314 e.